The van der Waals surface area contributed by atoms with E-state index in [0.717, 1.165) is 0 Å². The first-order valence-electron chi connectivity index (χ1n) is 9.96. The van der Waals surface area contributed by atoms with Gasteiger partial charge >= 0.3 is 12.1 Å². The van der Waals surface area contributed by atoms with E-state index in [-0.39, 0.29) is 33.4 Å². The summed E-state index contributed by atoms with van der Waals surface area (Å²) < 4.78 is 15.9. The van der Waals surface area contributed by atoms with Crippen LogP contribution in [-0.2, 0) is 9.53 Å². The molecule has 1 unspecified atom stereocenters. The normalized spacial score (nSPS) is 12.1. The molecule has 1 amide bonds. The molecule has 0 fully saturated rings. The number of hydrogen-bond acceptors (Lipinski definition) is 8. The van der Waals surface area contributed by atoms with Crippen molar-refractivity contribution in [2.45, 2.75) is 39.3 Å². The number of non-ortho nitro benzene ring substituents is 1. The first kappa shape index (κ1) is 23.5. The quantitative estimate of drug-likeness (QED) is 0.262. The number of esters is 1. The van der Waals surface area contributed by atoms with Crippen molar-refractivity contribution in [1.82, 2.24) is 5.32 Å². The predicted molar refractivity (Wildman–Crippen MR) is 119 cm³/mol. The lowest BCUT2D eigenvalue weighted by Crippen LogP contribution is -2.43. The van der Waals surface area contributed by atoms with E-state index in [1.165, 1.54) is 55.7 Å². The Balaban J connectivity index is 1.77. The van der Waals surface area contributed by atoms with E-state index in [4.69, 9.17) is 13.9 Å². The highest BCUT2D eigenvalue weighted by Gasteiger charge is 2.22. The number of nitrogens with zero attached hydrogens (tertiary/aromatic N) is 1. The van der Waals surface area contributed by atoms with E-state index in [9.17, 15) is 24.5 Å². The van der Waals surface area contributed by atoms with Crippen LogP contribution in [-0.4, -0.2) is 28.6 Å². The molecule has 10 heteroatoms. The van der Waals surface area contributed by atoms with E-state index in [0.29, 0.717) is 5.56 Å². The number of nitro groups is 1. The van der Waals surface area contributed by atoms with Crippen LogP contribution < -0.4 is 15.5 Å². The maximum Gasteiger partial charge on any atom is 0.408 e. The Morgan fingerprint density at radius 3 is 2.39 bits per heavy atom. The average Bonchev–Trinajstić information content (AvgIpc) is 2.72. The maximum absolute atomic E-state index is 12.9. The summed E-state index contributed by atoms with van der Waals surface area (Å²) in [4.78, 5) is 47.3. The van der Waals surface area contributed by atoms with Gasteiger partial charge < -0.3 is 19.2 Å². The molecule has 0 saturated heterocycles. The molecule has 0 aliphatic rings. The van der Waals surface area contributed by atoms with Gasteiger partial charge in [-0.2, -0.15) is 0 Å². The first-order chi connectivity index (χ1) is 15.4. The van der Waals surface area contributed by atoms with E-state index >= 15 is 0 Å². The van der Waals surface area contributed by atoms with E-state index < -0.39 is 28.6 Å². The Morgan fingerprint density at radius 2 is 1.79 bits per heavy atom. The molecule has 33 heavy (non-hydrogen) atoms. The maximum atomic E-state index is 12.9. The number of nitro benzene ring substituents is 1. The van der Waals surface area contributed by atoms with Gasteiger partial charge in [-0.3, -0.25) is 14.9 Å². The molecule has 3 aromatic rings. The fraction of sp³-hybridized carbons (Fsp3) is 0.261. The number of ether oxygens (including phenoxy) is 2. The third-order valence-corrected chi connectivity index (χ3v) is 4.44. The topological polar surface area (TPSA) is 138 Å². The van der Waals surface area contributed by atoms with E-state index in [1.807, 2.05) is 0 Å². The molecule has 1 N–H and O–H groups in total. The van der Waals surface area contributed by atoms with Gasteiger partial charge in [0.25, 0.3) is 5.69 Å². The zero-order chi connectivity index (χ0) is 24.3. The van der Waals surface area contributed by atoms with Gasteiger partial charge in [0.05, 0.1) is 15.9 Å². The van der Waals surface area contributed by atoms with Crippen LogP contribution in [0.1, 0.15) is 27.7 Å². The zero-order valence-electron chi connectivity index (χ0n) is 18.4. The second kappa shape index (κ2) is 9.11. The molecule has 1 aromatic heterocycles. The number of carbonyl (C=O) groups excluding carboxylic acids is 2. The molecular weight excluding hydrogens is 432 g/mol. The number of carbonyl (C=O) groups is 2. The van der Waals surface area contributed by atoms with E-state index in [2.05, 4.69) is 5.32 Å². The van der Waals surface area contributed by atoms with Crippen molar-refractivity contribution in [3.8, 4) is 16.9 Å². The van der Waals surface area contributed by atoms with Crippen molar-refractivity contribution in [2.75, 3.05) is 0 Å². The Bertz CT molecular complexity index is 1270. The lowest BCUT2D eigenvalue weighted by atomic mass is 10.1. The van der Waals surface area contributed by atoms with Gasteiger partial charge in [0, 0.05) is 18.2 Å². The molecule has 10 nitrogen and oxygen atoms in total. The Labute approximate surface area is 188 Å². The van der Waals surface area contributed by atoms with Crippen LogP contribution in [0.5, 0.6) is 5.75 Å². The van der Waals surface area contributed by atoms with Gasteiger partial charge in [0.15, 0.2) is 5.43 Å². The number of rotatable bonds is 5. The molecule has 2 aromatic carbocycles. The molecule has 172 valence electrons. The summed E-state index contributed by atoms with van der Waals surface area (Å²) in [5.74, 6) is -0.610. The van der Waals surface area contributed by atoms with Crippen molar-refractivity contribution >= 4 is 28.7 Å². The molecule has 3 rings (SSSR count). The second-order valence-electron chi connectivity index (χ2n) is 8.23. The van der Waals surface area contributed by atoms with Crippen LogP contribution in [0.3, 0.4) is 0 Å². The summed E-state index contributed by atoms with van der Waals surface area (Å²) in [5.41, 5.74) is -0.264. The first-order valence-corrected chi connectivity index (χ1v) is 9.96. The minimum absolute atomic E-state index is 0.0919. The Hall–Kier alpha value is -4.21. The predicted octanol–water partition coefficient (Wildman–Crippen LogP) is 4.19. The summed E-state index contributed by atoms with van der Waals surface area (Å²) in [6.45, 7) is 6.55. The number of alkyl carbamates (subject to hydrolysis) is 1. The van der Waals surface area contributed by atoms with Crippen molar-refractivity contribution < 1.29 is 28.4 Å². The molecule has 1 atom stereocenters. The van der Waals surface area contributed by atoms with Gasteiger partial charge in [-0.25, -0.2) is 9.59 Å². The summed E-state index contributed by atoms with van der Waals surface area (Å²) in [5, 5.41) is 13.4. The summed E-state index contributed by atoms with van der Waals surface area (Å²) >= 11 is 0. The van der Waals surface area contributed by atoms with Crippen LogP contribution >= 0.6 is 0 Å². The standard InChI is InChI=1S/C23H22N2O8/c1-13(24-22(28)33-23(2,3)4)21(27)32-16-9-10-17-19(11-16)31-12-18(20(17)26)14-5-7-15(8-6-14)25(29)30/h5-13H,1-4H3,(H,24,28). The minimum Gasteiger partial charge on any atom is -0.463 e. The molecule has 0 saturated carbocycles. The molecule has 0 radical (unpaired) electrons. The molecule has 0 aliphatic carbocycles. The third kappa shape index (κ3) is 5.73. The van der Waals surface area contributed by atoms with Crippen molar-refractivity contribution in [3.05, 3.63) is 69.1 Å². The van der Waals surface area contributed by atoms with Crippen molar-refractivity contribution in [1.29, 1.82) is 0 Å². The number of nitrogens with one attached hydrogen (secondary N) is 1. The smallest absolute Gasteiger partial charge is 0.408 e. The van der Waals surface area contributed by atoms with E-state index in [1.54, 1.807) is 20.8 Å². The van der Waals surface area contributed by atoms with Gasteiger partial charge in [-0.15, -0.1) is 0 Å². The minimum atomic E-state index is -0.980. The fourth-order valence-corrected chi connectivity index (χ4v) is 2.88. The fourth-order valence-electron chi connectivity index (χ4n) is 2.88. The summed E-state index contributed by atoms with van der Waals surface area (Å²) in [6.07, 6.45) is 0.486. The van der Waals surface area contributed by atoms with Crippen LogP contribution in [0.15, 0.2) is 57.9 Å². The number of benzene rings is 2. The number of amides is 1. The van der Waals surface area contributed by atoms with Gasteiger partial charge in [-0.1, -0.05) is 0 Å². The Morgan fingerprint density at radius 1 is 1.12 bits per heavy atom. The number of fused-ring (bicyclic) bond motifs is 1. The Kier molecular flexibility index (Phi) is 6.47. The lowest BCUT2D eigenvalue weighted by molar-refractivity contribution is -0.384. The highest BCUT2D eigenvalue weighted by atomic mass is 16.6. The van der Waals surface area contributed by atoms with Crippen LogP contribution in [0.25, 0.3) is 22.1 Å². The SMILES string of the molecule is CC(NC(=O)OC(C)(C)C)C(=O)Oc1ccc2c(=O)c(-c3ccc([N+](=O)[O-])cc3)coc2c1. The highest BCUT2D eigenvalue weighted by molar-refractivity contribution is 5.85. The number of hydrogen-bond donors (Lipinski definition) is 1. The molecule has 0 spiro atoms. The highest BCUT2D eigenvalue weighted by Crippen LogP contribution is 2.25. The van der Waals surface area contributed by atoms with Gasteiger partial charge in [0.2, 0.25) is 0 Å². The van der Waals surface area contributed by atoms with Crippen LogP contribution in [0.4, 0.5) is 10.5 Å². The van der Waals surface area contributed by atoms with Gasteiger partial charge in [0.1, 0.15) is 29.2 Å². The molecular formula is C23H22N2O8. The van der Waals surface area contributed by atoms with Crippen LogP contribution in [0, 0.1) is 10.1 Å². The second-order valence-corrected chi connectivity index (χ2v) is 8.23. The summed E-state index contributed by atoms with van der Waals surface area (Å²) in [7, 11) is 0. The average molecular weight is 454 g/mol. The molecule has 0 aliphatic heterocycles. The van der Waals surface area contributed by atoms with Crippen LogP contribution in [0.2, 0.25) is 0 Å². The largest absolute Gasteiger partial charge is 0.463 e. The summed E-state index contributed by atoms with van der Waals surface area (Å²) in [6, 6.07) is 8.81. The molecule has 0 bridgehead atoms. The molecule has 1 heterocycles. The third-order valence-electron chi connectivity index (χ3n) is 4.44. The monoisotopic (exact) mass is 454 g/mol. The van der Waals surface area contributed by atoms with Crippen molar-refractivity contribution in [3.63, 3.8) is 0 Å². The van der Waals surface area contributed by atoms with Crippen molar-refractivity contribution in [2.24, 2.45) is 0 Å². The lowest BCUT2D eigenvalue weighted by Gasteiger charge is -2.21. The zero-order valence-corrected chi connectivity index (χ0v) is 18.4. The van der Waals surface area contributed by atoms with Gasteiger partial charge in [-0.05, 0) is 57.5 Å².